The number of alkyl halides is 2. The summed E-state index contributed by atoms with van der Waals surface area (Å²) in [5.41, 5.74) is -0.106. The largest absolute Gasteiger partial charge is 0.433 e. The number of halogens is 2. The highest BCUT2D eigenvalue weighted by atomic mass is 32.2. The van der Waals surface area contributed by atoms with Crippen LogP contribution in [0.25, 0.3) is 0 Å². The molecule has 7 nitrogen and oxygen atoms in total. The number of H-pyrrole nitrogens is 1. The third-order valence-electron chi connectivity index (χ3n) is 2.46. The highest BCUT2D eigenvalue weighted by Gasteiger charge is 2.22. The Bertz CT molecular complexity index is 718. The number of ether oxygens (including phenoxy) is 1. The van der Waals surface area contributed by atoms with E-state index in [0.29, 0.717) is 0 Å². The van der Waals surface area contributed by atoms with Gasteiger partial charge in [0.15, 0.2) is 5.03 Å². The number of aliphatic hydroxyl groups excluding tert-OH is 1. The molecular weight excluding hydrogens is 308 g/mol. The van der Waals surface area contributed by atoms with Gasteiger partial charge < -0.3 is 9.84 Å². The van der Waals surface area contributed by atoms with E-state index in [1.165, 1.54) is 24.3 Å². The van der Waals surface area contributed by atoms with Crippen molar-refractivity contribution in [3.05, 3.63) is 36.0 Å². The summed E-state index contributed by atoms with van der Waals surface area (Å²) in [6, 6.07) is 5.34. The molecule has 0 bridgehead atoms. The van der Waals surface area contributed by atoms with Crippen LogP contribution in [-0.2, 0) is 16.6 Å². The lowest BCUT2D eigenvalue weighted by Gasteiger charge is -2.12. The highest BCUT2D eigenvalue weighted by Crippen LogP contribution is 2.28. The fourth-order valence-corrected chi connectivity index (χ4v) is 2.79. The number of rotatable bonds is 6. The van der Waals surface area contributed by atoms with Crippen molar-refractivity contribution in [3.63, 3.8) is 0 Å². The normalized spacial score (nSPS) is 11.6. The van der Waals surface area contributed by atoms with Gasteiger partial charge in [-0.2, -0.15) is 22.3 Å². The number of benzene rings is 1. The molecule has 0 aliphatic heterocycles. The van der Waals surface area contributed by atoms with Crippen LogP contribution < -0.4 is 9.46 Å². The standard InChI is InChI=1S/C11H11F2N3O4S/c12-11(13)20-9-4-2-1-3-8(9)16-21(18,19)10-7(6-17)5-14-15-10/h1-5,11,16-17H,6H2,(H,14,15). The fourth-order valence-electron chi connectivity index (χ4n) is 1.59. The predicted molar refractivity (Wildman–Crippen MR) is 68.4 cm³/mol. The molecule has 1 aromatic carbocycles. The number of aliphatic hydroxyl groups is 1. The first-order valence-electron chi connectivity index (χ1n) is 5.64. The molecule has 114 valence electrons. The Morgan fingerprint density at radius 2 is 2.10 bits per heavy atom. The Labute approximate surface area is 118 Å². The van der Waals surface area contributed by atoms with Crippen molar-refractivity contribution in [1.29, 1.82) is 0 Å². The van der Waals surface area contributed by atoms with Crippen LogP contribution in [0.1, 0.15) is 5.56 Å². The zero-order valence-corrected chi connectivity index (χ0v) is 11.3. The van der Waals surface area contributed by atoms with Crippen LogP contribution in [0.4, 0.5) is 14.5 Å². The van der Waals surface area contributed by atoms with E-state index in [-0.39, 0.29) is 22.0 Å². The molecule has 0 aliphatic carbocycles. The molecule has 2 aromatic rings. The zero-order valence-electron chi connectivity index (χ0n) is 10.5. The highest BCUT2D eigenvalue weighted by molar-refractivity contribution is 7.92. The molecule has 0 spiro atoms. The van der Waals surface area contributed by atoms with E-state index >= 15 is 0 Å². The Balaban J connectivity index is 2.33. The van der Waals surface area contributed by atoms with Crippen molar-refractivity contribution in [2.45, 2.75) is 18.2 Å². The maximum absolute atomic E-state index is 12.3. The molecule has 1 heterocycles. The van der Waals surface area contributed by atoms with Gasteiger partial charge in [-0.1, -0.05) is 12.1 Å². The lowest BCUT2D eigenvalue weighted by molar-refractivity contribution is -0.0493. The van der Waals surface area contributed by atoms with E-state index in [1.54, 1.807) is 0 Å². The number of sulfonamides is 1. The van der Waals surface area contributed by atoms with Crippen molar-refractivity contribution in [2.75, 3.05) is 4.72 Å². The van der Waals surface area contributed by atoms with Crippen LogP contribution >= 0.6 is 0 Å². The molecule has 0 fully saturated rings. The van der Waals surface area contributed by atoms with Crippen molar-refractivity contribution >= 4 is 15.7 Å². The lowest BCUT2D eigenvalue weighted by Crippen LogP contribution is -2.16. The van der Waals surface area contributed by atoms with Gasteiger partial charge in [0.25, 0.3) is 10.0 Å². The molecule has 0 radical (unpaired) electrons. The number of hydrogen-bond acceptors (Lipinski definition) is 5. The van der Waals surface area contributed by atoms with Crippen molar-refractivity contribution in [1.82, 2.24) is 10.2 Å². The Morgan fingerprint density at radius 3 is 2.76 bits per heavy atom. The first-order chi connectivity index (χ1) is 9.94. The van der Waals surface area contributed by atoms with Gasteiger partial charge in [0.1, 0.15) is 5.75 Å². The van der Waals surface area contributed by atoms with E-state index in [1.807, 2.05) is 0 Å². The molecule has 0 saturated heterocycles. The van der Waals surface area contributed by atoms with Gasteiger partial charge >= 0.3 is 6.61 Å². The number of hydrogen-bond donors (Lipinski definition) is 3. The first-order valence-corrected chi connectivity index (χ1v) is 7.12. The molecule has 0 unspecified atom stereocenters. The number of para-hydroxylation sites is 2. The maximum Gasteiger partial charge on any atom is 0.387 e. The summed E-state index contributed by atoms with van der Waals surface area (Å²) >= 11 is 0. The molecule has 0 atom stereocenters. The van der Waals surface area contributed by atoms with E-state index in [9.17, 15) is 17.2 Å². The van der Waals surface area contributed by atoms with Crippen molar-refractivity contribution in [2.24, 2.45) is 0 Å². The van der Waals surface area contributed by atoms with Crippen molar-refractivity contribution in [3.8, 4) is 5.75 Å². The van der Waals surface area contributed by atoms with Gasteiger partial charge in [-0.25, -0.2) is 0 Å². The van der Waals surface area contributed by atoms with E-state index in [2.05, 4.69) is 19.7 Å². The fraction of sp³-hybridized carbons (Fsp3) is 0.182. The molecule has 21 heavy (non-hydrogen) atoms. The zero-order chi connectivity index (χ0) is 15.5. The number of anilines is 1. The minimum absolute atomic E-state index is 0.0507. The average molecular weight is 319 g/mol. The molecule has 10 heteroatoms. The van der Waals surface area contributed by atoms with Crippen LogP contribution in [0.2, 0.25) is 0 Å². The predicted octanol–water partition coefficient (Wildman–Crippen LogP) is 1.30. The van der Waals surface area contributed by atoms with Crippen LogP contribution in [0.3, 0.4) is 0 Å². The molecular formula is C11H11F2N3O4S. The molecule has 1 aromatic heterocycles. The second-order valence-electron chi connectivity index (χ2n) is 3.86. The van der Waals surface area contributed by atoms with Gasteiger partial charge in [0, 0.05) is 5.56 Å². The van der Waals surface area contributed by atoms with Gasteiger partial charge in [0.2, 0.25) is 0 Å². The van der Waals surface area contributed by atoms with Gasteiger partial charge in [0.05, 0.1) is 18.5 Å². The third kappa shape index (κ3) is 3.47. The molecule has 2 rings (SSSR count). The summed E-state index contributed by atoms with van der Waals surface area (Å²) in [5.74, 6) is -0.318. The molecule has 3 N–H and O–H groups in total. The summed E-state index contributed by atoms with van der Waals surface area (Å²) in [7, 11) is -4.12. The Morgan fingerprint density at radius 1 is 1.38 bits per heavy atom. The summed E-state index contributed by atoms with van der Waals surface area (Å²) < 4.78 is 55.2. The minimum Gasteiger partial charge on any atom is -0.433 e. The maximum atomic E-state index is 12.3. The summed E-state index contributed by atoms with van der Waals surface area (Å²) in [5, 5.41) is 14.4. The van der Waals surface area contributed by atoms with E-state index < -0.39 is 23.2 Å². The SMILES string of the molecule is O=S(=O)(Nc1ccccc1OC(F)F)c1[nH]ncc1CO. The first kappa shape index (κ1) is 15.2. The average Bonchev–Trinajstić information content (AvgIpc) is 2.89. The van der Waals surface area contributed by atoms with Crippen LogP contribution in [-0.4, -0.2) is 30.3 Å². The number of nitrogens with one attached hydrogen (secondary N) is 2. The van der Waals surface area contributed by atoms with Crippen LogP contribution in [0, 0.1) is 0 Å². The Hall–Kier alpha value is -2.20. The molecule has 0 amide bonds. The summed E-state index contributed by atoms with van der Waals surface area (Å²) in [4.78, 5) is 0. The van der Waals surface area contributed by atoms with Crippen molar-refractivity contribution < 1.29 is 27.0 Å². The molecule has 0 saturated carbocycles. The smallest absolute Gasteiger partial charge is 0.387 e. The second-order valence-corrected chi connectivity index (χ2v) is 5.48. The van der Waals surface area contributed by atoms with E-state index in [0.717, 1.165) is 6.20 Å². The van der Waals surface area contributed by atoms with Crippen LogP contribution in [0.5, 0.6) is 5.75 Å². The quantitative estimate of drug-likeness (QED) is 0.744. The summed E-state index contributed by atoms with van der Waals surface area (Å²) in [6.45, 7) is -3.63. The number of nitrogens with zero attached hydrogens (tertiary/aromatic N) is 1. The van der Waals surface area contributed by atoms with E-state index in [4.69, 9.17) is 5.11 Å². The van der Waals surface area contributed by atoms with Crippen LogP contribution in [0.15, 0.2) is 35.5 Å². The number of aromatic nitrogens is 2. The Kier molecular flexibility index (Phi) is 4.38. The third-order valence-corrected chi connectivity index (χ3v) is 3.84. The minimum atomic E-state index is -4.12. The molecule has 0 aliphatic rings. The monoisotopic (exact) mass is 319 g/mol. The second kappa shape index (κ2) is 6.06. The van der Waals surface area contributed by atoms with Gasteiger partial charge in [-0.3, -0.25) is 9.82 Å². The lowest BCUT2D eigenvalue weighted by atomic mass is 10.3. The number of aromatic amines is 1. The topological polar surface area (TPSA) is 104 Å². The summed E-state index contributed by atoms with van der Waals surface area (Å²) in [6.07, 6.45) is 1.15. The van der Waals surface area contributed by atoms with Gasteiger partial charge in [-0.05, 0) is 12.1 Å². The van der Waals surface area contributed by atoms with Gasteiger partial charge in [-0.15, -0.1) is 0 Å².